The van der Waals surface area contributed by atoms with Crippen molar-refractivity contribution in [2.75, 3.05) is 14.2 Å². The molecule has 0 bridgehead atoms. The van der Waals surface area contributed by atoms with Crippen LogP contribution in [0.5, 0.6) is 11.5 Å². The molecule has 0 aliphatic heterocycles. The van der Waals surface area contributed by atoms with Crippen LogP contribution in [0, 0.1) is 6.92 Å². The molecule has 3 N–H and O–H groups in total. The third kappa shape index (κ3) is 3.45. The highest BCUT2D eigenvalue weighted by Gasteiger charge is 2.21. The van der Waals surface area contributed by atoms with Gasteiger partial charge in [0.2, 0.25) is 0 Å². The summed E-state index contributed by atoms with van der Waals surface area (Å²) >= 11 is 0. The summed E-state index contributed by atoms with van der Waals surface area (Å²) in [6, 6.07) is 1.97. The molecule has 1 unspecified atom stereocenters. The van der Waals surface area contributed by atoms with E-state index in [2.05, 4.69) is 0 Å². The Morgan fingerprint density at radius 1 is 1.26 bits per heavy atom. The number of carboxylic acid groups (broad SMARTS) is 1. The van der Waals surface area contributed by atoms with Gasteiger partial charge in [-0.3, -0.25) is 9.59 Å². The van der Waals surface area contributed by atoms with Gasteiger partial charge in [0.25, 0.3) is 0 Å². The zero-order valence-corrected chi connectivity index (χ0v) is 11.1. The van der Waals surface area contributed by atoms with E-state index < -0.39 is 17.8 Å². The van der Waals surface area contributed by atoms with Gasteiger partial charge < -0.3 is 20.3 Å². The smallest absolute Gasteiger partial charge is 0.320 e. The Kier molecular flexibility index (Phi) is 4.88. The van der Waals surface area contributed by atoms with Crippen LogP contribution in [-0.4, -0.2) is 37.1 Å². The number of hydrogen-bond donors (Lipinski definition) is 2. The molecule has 1 atom stereocenters. The zero-order valence-electron chi connectivity index (χ0n) is 11.1. The van der Waals surface area contributed by atoms with Crippen molar-refractivity contribution in [1.82, 2.24) is 0 Å². The average molecular weight is 267 g/mol. The second-order valence-corrected chi connectivity index (χ2v) is 4.09. The van der Waals surface area contributed by atoms with E-state index in [1.165, 1.54) is 20.3 Å². The van der Waals surface area contributed by atoms with Crippen LogP contribution in [0.1, 0.15) is 22.3 Å². The van der Waals surface area contributed by atoms with Gasteiger partial charge in [0, 0.05) is 6.42 Å². The fraction of sp³-hybridized carbons (Fsp3) is 0.385. The Bertz CT molecular complexity index is 498. The lowest BCUT2D eigenvalue weighted by molar-refractivity contribution is -0.138. The van der Waals surface area contributed by atoms with Crippen LogP contribution in [-0.2, 0) is 4.79 Å². The van der Waals surface area contributed by atoms with E-state index in [0.29, 0.717) is 11.5 Å². The van der Waals surface area contributed by atoms with Crippen molar-refractivity contribution < 1.29 is 24.2 Å². The van der Waals surface area contributed by atoms with Gasteiger partial charge in [-0.05, 0) is 24.6 Å². The number of carbonyl (C=O) groups is 2. The van der Waals surface area contributed by atoms with E-state index in [1.807, 2.05) is 6.92 Å². The number of Topliss-reactive ketones (excluding diaryl/α,β-unsaturated/α-hetero) is 1. The number of ketones is 1. The van der Waals surface area contributed by atoms with E-state index >= 15 is 0 Å². The topological polar surface area (TPSA) is 98.9 Å². The fourth-order valence-corrected chi connectivity index (χ4v) is 1.67. The van der Waals surface area contributed by atoms with E-state index in [4.69, 9.17) is 20.3 Å². The van der Waals surface area contributed by atoms with Gasteiger partial charge in [-0.1, -0.05) is 0 Å². The normalized spacial score (nSPS) is 11.8. The maximum atomic E-state index is 12.0. The number of carbonyl (C=O) groups excluding carboxylic acids is 1. The van der Waals surface area contributed by atoms with Crippen molar-refractivity contribution in [3.05, 3.63) is 23.3 Å². The summed E-state index contributed by atoms with van der Waals surface area (Å²) in [6.07, 6.45) is -0.294. The lowest BCUT2D eigenvalue weighted by Crippen LogP contribution is -2.32. The Balaban J connectivity index is 3.10. The molecule has 6 nitrogen and oxygen atoms in total. The van der Waals surface area contributed by atoms with E-state index in [-0.39, 0.29) is 12.0 Å². The number of hydrogen-bond acceptors (Lipinski definition) is 5. The highest BCUT2D eigenvalue weighted by molar-refractivity contribution is 6.01. The summed E-state index contributed by atoms with van der Waals surface area (Å²) in [5.41, 5.74) is 6.44. The lowest BCUT2D eigenvalue weighted by atomic mass is 10.0. The first-order valence-electron chi connectivity index (χ1n) is 5.65. The molecule has 1 rings (SSSR count). The van der Waals surface area contributed by atoms with Crippen molar-refractivity contribution in [2.45, 2.75) is 19.4 Å². The summed E-state index contributed by atoms with van der Waals surface area (Å²) in [6.45, 7) is 1.82. The predicted molar refractivity (Wildman–Crippen MR) is 68.8 cm³/mol. The van der Waals surface area contributed by atoms with Crippen LogP contribution < -0.4 is 15.2 Å². The molecule has 19 heavy (non-hydrogen) atoms. The number of nitrogens with two attached hydrogens (primary N) is 1. The van der Waals surface area contributed by atoms with Gasteiger partial charge in [-0.2, -0.15) is 0 Å². The van der Waals surface area contributed by atoms with Crippen molar-refractivity contribution in [3.8, 4) is 11.5 Å². The highest BCUT2D eigenvalue weighted by atomic mass is 16.5. The molecule has 6 heteroatoms. The molecule has 0 spiro atoms. The Hall–Kier alpha value is -2.08. The van der Waals surface area contributed by atoms with E-state index in [0.717, 1.165) is 5.56 Å². The number of carboxylic acids is 1. The molecule has 1 aromatic rings. The average Bonchev–Trinajstić information content (AvgIpc) is 2.37. The van der Waals surface area contributed by atoms with Gasteiger partial charge in [0.1, 0.15) is 17.5 Å². The summed E-state index contributed by atoms with van der Waals surface area (Å²) in [5.74, 6) is -0.703. The number of rotatable bonds is 6. The van der Waals surface area contributed by atoms with E-state index in [9.17, 15) is 9.59 Å². The first kappa shape index (κ1) is 15.0. The number of ether oxygens (including phenoxy) is 2. The van der Waals surface area contributed by atoms with Gasteiger partial charge in [0.15, 0.2) is 5.78 Å². The number of methoxy groups -OCH3 is 2. The third-order valence-electron chi connectivity index (χ3n) is 2.74. The van der Waals surface area contributed by atoms with Gasteiger partial charge in [0.05, 0.1) is 19.8 Å². The maximum Gasteiger partial charge on any atom is 0.320 e. The number of benzene rings is 1. The highest BCUT2D eigenvalue weighted by Crippen LogP contribution is 2.29. The van der Waals surface area contributed by atoms with Crippen molar-refractivity contribution >= 4 is 11.8 Å². The third-order valence-corrected chi connectivity index (χ3v) is 2.74. The minimum absolute atomic E-state index is 0.265. The Labute approximate surface area is 111 Å². The van der Waals surface area contributed by atoms with Gasteiger partial charge in [-0.25, -0.2) is 0 Å². The number of aryl methyl sites for hydroxylation is 1. The minimum atomic E-state index is -1.23. The fourth-order valence-electron chi connectivity index (χ4n) is 1.67. The molecule has 0 aromatic heterocycles. The van der Waals surface area contributed by atoms with Crippen molar-refractivity contribution in [1.29, 1.82) is 0 Å². The molecular formula is C13H17NO5. The van der Waals surface area contributed by atoms with Gasteiger partial charge in [-0.15, -0.1) is 0 Å². The molecular weight excluding hydrogens is 250 g/mol. The molecule has 0 amide bonds. The van der Waals surface area contributed by atoms with Crippen molar-refractivity contribution in [3.63, 3.8) is 0 Å². The predicted octanol–water partition coefficient (Wildman–Crippen LogP) is 0.997. The second-order valence-electron chi connectivity index (χ2n) is 4.09. The first-order chi connectivity index (χ1) is 8.90. The lowest BCUT2D eigenvalue weighted by Gasteiger charge is -2.13. The molecule has 1 aromatic carbocycles. The Morgan fingerprint density at radius 2 is 1.84 bits per heavy atom. The molecule has 0 saturated carbocycles. The van der Waals surface area contributed by atoms with Crippen LogP contribution in [0.3, 0.4) is 0 Å². The molecule has 0 saturated heterocycles. The maximum absolute atomic E-state index is 12.0. The second kappa shape index (κ2) is 6.19. The van der Waals surface area contributed by atoms with Crippen LogP contribution in [0.15, 0.2) is 12.1 Å². The summed E-state index contributed by atoms with van der Waals surface area (Å²) in [5, 5.41) is 8.72. The van der Waals surface area contributed by atoms with Crippen LogP contribution in [0.2, 0.25) is 0 Å². The molecule has 0 radical (unpaired) electrons. The minimum Gasteiger partial charge on any atom is -0.496 e. The van der Waals surface area contributed by atoms with Crippen LogP contribution in [0.25, 0.3) is 0 Å². The summed E-state index contributed by atoms with van der Waals surface area (Å²) in [4.78, 5) is 22.7. The molecule has 0 heterocycles. The monoisotopic (exact) mass is 267 g/mol. The van der Waals surface area contributed by atoms with E-state index in [1.54, 1.807) is 6.07 Å². The number of aliphatic carboxylic acids is 1. The SMILES string of the molecule is COc1cc(C(=O)CC(N)C(=O)O)c(OC)cc1C. The van der Waals surface area contributed by atoms with Crippen LogP contribution >= 0.6 is 0 Å². The summed E-state index contributed by atoms with van der Waals surface area (Å²) < 4.78 is 10.3. The zero-order chi connectivity index (χ0) is 14.6. The largest absolute Gasteiger partial charge is 0.496 e. The molecule has 0 aliphatic carbocycles. The molecule has 0 fully saturated rings. The van der Waals surface area contributed by atoms with Crippen LogP contribution in [0.4, 0.5) is 0 Å². The Morgan fingerprint density at radius 3 is 2.32 bits per heavy atom. The van der Waals surface area contributed by atoms with Crippen molar-refractivity contribution in [2.24, 2.45) is 5.73 Å². The first-order valence-corrected chi connectivity index (χ1v) is 5.65. The molecule has 0 aliphatic rings. The van der Waals surface area contributed by atoms with Gasteiger partial charge >= 0.3 is 5.97 Å². The quantitative estimate of drug-likeness (QED) is 0.746. The molecule has 104 valence electrons. The standard InChI is InChI=1S/C13H17NO5/c1-7-4-12(19-3)8(5-11(7)18-2)10(15)6-9(14)13(16)17/h4-5,9H,6,14H2,1-3H3,(H,16,17). The summed E-state index contributed by atoms with van der Waals surface area (Å²) in [7, 11) is 2.93.